The fraction of sp³-hybridized carbons (Fsp3) is 0.273. The lowest BCUT2D eigenvalue weighted by atomic mass is 10.1. The van der Waals surface area contributed by atoms with Gasteiger partial charge in [-0.2, -0.15) is 8.78 Å². The van der Waals surface area contributed by atoms with Gasteiger partial charge in [0.2, 0.25) is 34.8 Å². The Morgan fingerprint density at radius 2 is 1.50 bits per heavy atom. The molecule has 0 radical (unpaired) electrons. The quantitative estimate of drug-likeness (QED) is 0.277. The van der Waals surface area contributed by atoms with Gasteiger partial charge in [-0.1, -0.05) is 11.8 Å². The Bertz CT molecular complexity index is 575. The molecule has 0 aliphatic carbocycles. The van der Waals surface area contributed by atoms with Gasteiger partial charge in [0.25, 0.3) is 0 Å². The molecule has 0 amide bonds. The first-order valence-corrected chi connectivity index (χ1v) is 6.20. The minimum atomic E-state index is -2.34. The van der Waals surface area contributed by atoms with Crippen molar-refractivity contribution >= 4 is 22.8 Å². The molecule has 1 aromatic carbocycles. The van der Waals surface area contributed by atoms with Crippen LogP contribution in [-0.4, -0.2) is 16.8 Å². The first kappa shape index (κ1) is 14.8. The predicted octanol–water partition coefficient (Wildman–Crippen LogP) is 2.57. The minimum absolute atomic E-state index is 0.0348. The summed E-state index contributed by atoms with van der Waals surface area (Å²) in [5, 5.41) is -0.315. The van der Waals surface area contributed by atoms with Crippen LogP contribution in [0.2, 0.25) is 0 Å². The molecule has 1 aliphatic rings. The first-order chi connectivity index (χ1) is 9.32. The number of carbonyl (C=O) groups excluding carboxylic acids is 2. The zero-order valence-electron chi connectivity index (χ0n) is 9.51. The summed E-state index contributed by atoms with van der Waals surface area (Å²) in [5.41, 5.74) is 0. The zero-order chi connectivity index (χ0) is 15.0. The molecule has 1 aliphatic heterocycles. The molecule has 0 spiro atoms. The second-order valence-electron chi connectivity index (χ2n) is 3.90. The third-order valence-corrected chi connectivity index (χ3v) is 3.62. The number of esters is 1. The maximum absolute atomic E-state index is 13.3. The highest BCUT2D eigenvalue weighted by atomic mass is 32.2. The zero-order valence-corrected chi connectivity index (χ0v) is 10.3. The van der Waals surface area contributed by atoms with Crippen molar-refractivity contribution in [3.8, 4) is 5.75 Å². The highest BCUT2D eigenvalue weighted by Crippen LogP contribution is 2.32. The molecule has 0 aromatic heterocycles. The molecule has 2 rings (SSSR count). The van der Waals surface area contributed by atoms with Crippen LogP contribution in [0.4, 0.5) is 22.0 Å². The first-order valence-electron chi connectivity index (χ1n) is 5.21. The van der Waals surface area contributed by atoms with E-state index in [9.17, 15) is 31.5 Å². The topological polar surface area (TPSA) is 43.4 Å². The summed E-state index contributed by atoms with van der Waals surface area (Å²) in [6.45, 7) is 0. The van der Waals surface area contributed by atoms with Crippen LogP contribution in [-0.2, 0) is 9.59 Å². The van der Waals surface area contributed by atoms with E-state index in [1.54, 1.807) is 0 Å². The molecule has 1 fully saturated rings. The van der Waals surface area contributed by atoms with E-state index in [1.807, 2.05) is 0 Å². The van der Waals surface area contributed by atoms with Gasteiger partial charge in [0, 0.05) is 12.2 Å². The number of hydrogen-bond acceptors (Lipinski definition) is 4. The maximum atomic E-state index is 13.3. The van der Waals surface area contributed by atoms with E-state index in [0.29, 0.717) is 0 Å². The molecule has 0 N–H and O–H groups in total. The van der Waals surface area contributed by atoms with E-state index in [4.69, 9.17) is 0 Å². The second-order valence-corrected chi connectivity index (χ2v) is 4.98. The van der Waals surface area contributed by atoms with Crippen LogP contribution in [0.3, 0.4) is 0 Å². The SMILES string of the molecule is O=C1CC(C(=O)Oc2c(F)c(F)c(F)c(F)c2F)CS1. The molecular formula is C11H5F5O3S. The lowest BCUT2D eigenvalue weighted by molar-refractivity contribution is -0.139. The lowest BCUT2D eigenvalue weighted by Gasteiger charge is -2.11. The average molecular weight is 312 g/mol. The van der Waals surface area contributed by atoms with Crippen LogP contribution in [0.25, 0.3) is 0 Å². The van der Waals surface area contributed by atoms with Gasteiger partial charge < -0.3 is 4.74 Å². The van der Waals surface area contributed by atoms with Crippen LogP contribution < -0.4 is 4.74 Å². The molecule has 1 unspecified atom stereocenters. The molecule has 9 heteroatoms. The number of benzene rings is 1. The van der Waals surface area contributed by atoms with Gasteiger partial charge in [-0.3, -0.25) is 9.59 Å². The summed E-state index contributed by atoms with van der Waals surface area (Å²) in [4.78, 5) is 22.4. The van der Waals surface area contributed by atoms with Gasteiger partial charge in [-0.05, 0) is 0 Å². The summed E-state index contributed by atoms with van der Waals surface area (Å²) in [6, 6.07) is 0. The summed E-state index contributed by atoms with van der Waals surface area (Å²) >= 11 is 0.826. The number of ether oxygens (including phenoxy) is 1. The standard InChI is InChI=1S/C11H5F5O3S/c12-5-6(13)8(15)10(9(16)7(5)14)19-11(18)3-1-4(17)20-2-3/h3H,1-2H2. The molecule has 1 atom stereocenters. The Kier molecular flexibility index (Phi) is 3.98. The molecule has 108 valence electrons. The Morgan fingerprint density at radius 1 is 1.00 bits per heavy atom. The number of thioether (sulfide) groups is 1. The second kappa shape index (κ2) is 5.39. The van der Waals surface area contributed by atoms with Crippen molar-refractivity contribution in [2.45, 2.75) is 6.42 Å². The molecule has 0 bridgehead atoms. The predicted molar refractivity (Wildman–Crippen MR) is 57.4 cm³/mol. The van der Waals surface area contributed by atoms with Crippen LogP contribution in [0.1, 0.15) is 6.42 Å². The number of hydrogen-bond donors (Lipinski definition) is 0. The van der Waals surface area contributed by atoms with Crippen molar-refractivity contribution in [1.82, 2.24) is 0 Å². The molecular weight excluding hydrogens is 307 g/mol. The summed E-state index contributed by atoms with van der Waals surface area (Å²) in [6.07, 6.45) is -0.209. The van der Waals surface area contributed by atoms with Crippen LogP contribution in [0, 0.1) is 35.0 Å². The van der Waals surface area contributed by atoms with Crippen LogP contribution in [0.5, 0.6) is 5.75 Å². The van der Waals surface area contributed by atoms with E-state index in [0.717, 1.165) is 11.8 Å². The van der Waals surface area contributed by atoms with E-state index >= 15 is 0 Å². The summed E-state index contributed by atoms with van der Waals surface area (Å²) in [5.74, 6) is -15.0. The Balaban J connectivity index is 2.30. The lowest BCUT2D eigenvalue weighted by Crippen LogP contribution is -2.22. The van der Waals surface area contributed by atoms with Gasteiger partial charge in [-0.15, -0.1) is 0 Å². The van der Waals surface area contributed by atoms with E-state index in [2.05, 4.69) is 4.74 Å². The van der Waals surface area contributed by atoms with Gasteiger partial charge in [0.1, 0.15) is 0 Å². The molecule has 20 heavy (non-hydrogen) atoms. The van der Waals surface area contributed by atoms with E-state index < -0.39 is 46.7 Å². The summed E-state index contributed by atoms with van der Waals surface area (Å²) < 4.78 is 69.3. The van der Waals surface area contributed by atoms with Crippen molar-refractivity contribution in [3.63, 3.8) is 0 Å². The molecule has 1 aromatic rings. The molecule has 0 saturated carbocycles. The monoisotopic (exact) mass is 312 g/mol. The highest BCUT2D eigenvalue weighted by molar-refractivity contribution is 8.14. The van der Waals surface area contributed by atoms with Gasteiger partial charge in [0.05, 0.1) is 5.92 Å². The van der Waals surface area contributed by atoms with Crippen molar-refractivity contribution in [3.05, 3.63) is 29.1 Å². The maximum Gasteiger partial charge on any atom is 0.315 e. The summed E-state index contributed by atoms with van der Waals surface area (Å²) in [7, 11) is 0. The fourth-order valence-corrected chi connectivity index (χ4v) is 2.48. The van der Waals surface area contributed by atoms with Crippen molar-refractivity contribution in [2.24, 2.45) is 5.92 Å². The van der Waals surface area contributed by atoms with Crippen LogP contribution >= 0.6 is 11.8 Å². The third-order valence-electron chi connectivity index (χ3n) is 2.56. The normalized spacial score (nSPS) is 18.4. The van der Waals surface area contributed by atoms with E-state index in [1.165, 1.54) is 0 Å². The van der Waals surface area contributed by atoms with E-state index in [-0.39, 0.29) is 17.3 Å². The smallest absolute Gasteiger partial charge is 0.315 e. The van der Waals surface area contributed by atoms with Crippen molar-refractivity contribution in [1.29, 1.82) is 0 Å². The van der Waals surface area contributed by atoms with Crippen molar-refractivity contribution < 1.29 is 36.3 Å². The van der Waals surface area contributed by atoms with Gasteiger partial charge in [0.15, 0.2) is 5.12 Å². The largest absolute Gasteiger partial charge is 0.420 e. The molecule has 1 saturated heterocycles. The Hall–Kier alpha value is -1.64. The average Bonchev–Trinajstić information content (AvgIpc) is 2.85. The highest BCUT2D eigenvalue weighted by Gasteiger charge is 2.34. The third kappa shape index (κ3) is 2.49. The number of halogens is 5. The molecule has 3 nitrogen and oxygen atoms in total. The Morgan fingerprint density at radius 3 is 1.95 bits per heavy atom. The van der Waals surface area contributed by atoms with Gasteiger partial charge >= 0.3 is 5.97 Å². The van der Waals surface area contributed by atoms with Crippen molar-refractivity contribution in [2.75, 3.05) is 5.75 Å². The van der Waals surface area contributed by atoms with Crippen LogP contribution in [0.15, 0.2) is 0 Å². The fourth-order valence-electron chi connectivity index (χ4n) is 1.52. The number of carbonyl (C=O) groups is 2. The number of rotatable bonds is 2. The minimum Gasteiger partial charge on any atom is -0.420 e. The molecule has 1 heterocycles. The Labute approximate surface area is 113 Å². The van der Waals surface area contributed by atoms with Gasteiger partial charge in [-0.25, -0.2) is 13.2 Å².